The minimum Gasteiger partial charge on any atom is -0.378 e. The summed E-state index contributed by atoms with van der Waals surface area (Å²) in [4.78, 5) is 31.3. The van der Waals surface area contributed by atoms with Crippen LogP contribution in [0.1, 0.15) is 20.7 Å². The second kappa shape index (κ2) is 8.22. The fourth-order valence-corrected chi connectivity index (χ4v) is 3.03. The number of amides is 2. The number of nitrogens with zero attached hydrogens (tertiary/aromatic N) is 3. The number of hydrogen-bond donors (Lipinski definition) is 1. The van der Waals surface area contributed by atoms with Gasteiger partial charge in [0.25, 0.3) is 11.8 Å². The highest BCUT2D eigenvalue weighted by Gasteiger charge is 2.21. The Kier molecular flexibility index (Phi) is 5.76. The van der Waals surface area contributed by atoms with Crippen LogP contribution in [0.5, 0.6) is 0 Å². The van der Waals surface area contributed by atoms with Gasteiger partial charge < -0.3 is 20.0 Å². The predicted molar refractivity (Wildman–Crippen MR) is 109 cm³/mol. The van der Waals surface area contributed by atoms with Crippen molar-refractivity contribution in [1.82, 2.24) is 9.80 Å². The van der Waals surface area contributed by atoms with Crippen molar-refractivity contribution in [2.75, 3.05) is 57.5 Å². The predicted octanol–water partition coefficient (Wildman–Crippen LogP) is 2.39. The molecule has 2 aromatic rings. The Labute approximate surface area is 160 Å². The lowest BCUT2D eigenvalue weighted by Crippen LogP contribution is -2.47. The average Bonchev–Trinajstić information content (AvgIpc) is 2.68. The van der Waals surface area contributed by atoms with E-state index in [2.05, 4.69) is 17.3 Å². The van der Waals surface area contributed by atoms with Crippen molar-refractivity contribution in [2.45, 2.75) is 0 Å². The number of carbonyl (C=O) groups excluding carboxylic acids is 2. The van der Waals surface area contributed by atoms with Crippen LogP contribution in [0.15, 0.2) is 48.5 Å². The smallest absolute Gasteiger partial charge is 0.255 e. The van der Waals surface area contributed by atoms with Gasteiger partial charge in [-0.25, -0.2) is 0 Å². The van der Waals surface area contributed by atoms with E-state index in [1.165, 1.54) is 0 Å². The highest BCUT2D eigenvalue weighted by atomic mass is 16.2. The van der Waals surface area contributed by atoms with Gasteiger partial charge in [0.05, 0.1) is 0 Å². The highest BCUT2D eigenvalue weighted by Crippen LogP contribution is 2.17. The number of carbonyl (C=O) groups is 2. The maximum atomic E-state index is 12.7. The van der Waals surface area contributed by atoms with E-state index in [1.807, 2.05) is 48.2 Å². The molecule has 2 amide bonds. The van der Waals surface area contributed by atoms with Crippen molar-refractivity contribution in [3.8, 4) is 0 Å². The first-order valence-corrected chi connectivity index (χ1v) is 9.10. The van der Waals surface area contributed by atoms with Crippen LogP contribution in [-0.4, -0.2) is 68.9 Å². The van der Waals surface area contributed by atoms with Gasteiger partial charge in [-0.05, 0) is 49.5 Å². The maximum absolute atomic E-state index is 12.7. The summed E-state index contributed by atoms with van der Waals surface area (Å²) in [5, 5.41) is 2.89. The third kappa shape index (κ3) is 4.65. The summed E-state index contributed by atoms with van der Waals surface area (Å²) < 4.78 is 0. The third-order valence-corrected chi connectivity index (χ3v) is 4.80. The zero-order valence-electron chi connectivity index (χ0n) is 16.1. The third-order valence-electron chi connectivity index (χ3n) is 4.80. The lowest BCUT2D eigenvalue weighted by Gasteiger charge is -2.32. The van der Waals surface area contributed by atoms with Crippen molar-refractivity contribution in [3.63, 3.8) is 0 Å². The van der Waals surface area contributed by atoms with Gasteiger partial charge in [-0.3, -0.25) is 9.59 Å². The van der Waals surface area contributed by atoms with Crippen LogP contribution < -0.4 is 10.2 Å². The molecule has 6 nitrogen and oxygen atoms in total. The first kappa shape index (κ1) is 18.9. The summed E-state index contributed by atoms with van der Waals surface area (Å²) >= 11 is 0. The fourth-order valence-electron chi connectivity index (χ4n) is 3.03. The van der Waals surface area contributed by atoms with Gasteiger partial charge in [-0.15, -0.1) is 0 Å². The molecule has 0 aromatic heterocycles. The molecule has 1 aliphatic rings. The molecule has 1 saturated heterocycles. The molecular formula is C21H26N4O2. The summed E-state index contributed by atoms with van der Waals surface area (Å²) in [6.07, 6.45) is 0. The fraction of sp³-hybridized carbons (Fsp3) is 0.333. The molecule has 142 valence electrons. The van der Waals surface area contributed by atoms with Crippen LogP contribution >= 0.6 is 0 Å². The number of nitrogens with one attached hydrogen (secondary N) is 1. The Balaban J connectivity index is 1.69. The first-order chi connectivity index (χ1) is 12.9. The van der Waals surface area contributed by atoms with Crippen molar-refractivity contribution in [2.24, 2.45) is 0 Å². The van der Waals surface area contributed by atoms with Gasteiger partial charge in [-0.1, -0.05) is 6.07 Å². The minimum atomic E-state index is -0.222. The molecule has 3 rings (SSSR count). The quantitative estimate of drug-likeness (QED) is 0.903. The van der Waals surface area contributed by atoms with Crippen molar-refractivity contribution in [1.29, 1.82) is 0 Å². The normalized spacial score (nSPS) is 14.7. The monoisotopic (exact) mass is 366 g/mol. The molecule has 2 aromatic carbocycles. The lowest BCUT2D eigenvalue weighted by atomic mass is 10.1. The van der Waals surface area contributed by atoms with E-state index < -0.39 is 0 Å². The summed E-state index contributed by atoms with van der Waals surface area (Å²) in [5.41, 5.74) is 2.82. The van der Waals surface area contributed by atoms with E-state index in [0.717, 1.165) is 24.5 Å². The van der Waals surface area contributed by atoms with E-state index in [0.29, 0.717) is 24.2 Å². The minimum absolute atomic E-state index is 0.0203. The molecule has 0 spiro atoms. The molecule has 0 saturated carbocycles. The average molecular weight is 366 g/mol. The Morgan fingerprint density at radius 1 is 0.926 bits per heavy atom. The van der Waals surface area contributed by atoms with Crippen LogP contribution in [0.4, 0.5) is 11.4 Å². The van der Waals surface area contributed by atoms with E-state index in [-0.39, 0.29) is 11.8 Å². The Morgan fingerprint density at radius 3 is 2.19 bits per heavy atom. The summed E-state index contributed by atoms with van der Waals surface area (Å²) in [6, 6.07) is 14.6. The Bertz CT molecular complexity index is 809. The lowest BCUT2D eigenvalue weighted by molar-refractivity contribution is 0.0664. The van der Waals surface area contributed by atoms with Gasteiger partial charge in [0.2, 0.25) is 0 Å². The van der Waals surface area contributed by atoms with Gasteiger partial charge in [-0.2, -0.15) is 0 Å². The van der Waals surface area contributed by atoms with Gasteiger partial charge in [0, 0.05) is 62.8 Å². The summed E-state index contributed by atoms with van der Waals surface area (Å²) in [5.74, 6) is -0.242. The van der Waals surface area contributed by atoms with Crippen LogP contribution in [0.3, 0.4) is 0 Å². The van der Waals surface area contributed by atoms with Crippen molar-refractivity contribution >= 4 is 23.2 Å². The van der Waals surface area contributed by atoms with Crippen LogP contribution in [0, 0.1) is 0 Å². The standard InChI is InChI=1S/C21H26N4O2/c1-23(2)19-9-7-18(8-10-19)22-20(26)16-5-4-6-17(15-16)21(27)25-13-11-24(3)12-14-25/h4-10,15H,11-14H2,1-3H3,(H,22,26). The molecule has 6 heteroatoms. The summed E-state index contributed by atoms with van der Waals surface area (Å²) in [7, 11) is 5.99. The van der Waals surface area contributed by atoms with Crippen molar-refractivity contribution in [3.05, 3.63) is 59.7 Å². The molecule has 0 bridgehead atoms. The summed E-state index contributed by atoms with van der Waals surface area (Å²) in [6.45, 7) is 3.16. The largest absolute Gasteiger partial charge is 0.378 e. The number of anilines is 2. The number of hydrogen-bond acceptors (Lipinski definition) is 4. The van der Waals surface area contributed by atoms with E-state index in [1.54, 1.807) is 24.3 Å². The van der Waals surface area contributed by atoms with E-state index >= 15 is 0 Å². The topological polar surface area (TPSA) is 55.9 Å². The highest BCUT2D eigenvalue weighted by molar-refractivity contribution is 6.06. The molecular weight excluding hydrogens is 340 g/mol. The zero-order valence-corrected chi connectivity index (χ0v) is 16.1. The second-order valence-electron chi connectivity index (χ2n) is 7.07. The van der Waals surface area contributed by atoms with E-state index in [9.17, 15) is 9.59 Å². The molecule has 1 aliphatic heterocycles. The van der Waals surface area contributed by atoms with Crippen LogP contribution in [0.2, 0.25) is 0 Å². The zero-order chi connectivity index (χ0) is 19.4. The molecule has 0 unspecified atom stereocenters. The Morgan fingerprint density at radius 2 is 1.56 bits per heavy atom. The molecule has 1 heterocycles. The maximum Gasteiger partial charge on any atom is 0.255 e. The number of likely N-dealkylation sites (N-methyl/N-ethyl adjacent to an activating group) is 1. The van der Waals surface area contributed by atoms with Crippen LogP contribution in [-0.2, 0) is 0 Å². The number of benzene rings is 2. The van der Waals surface area contributed by atoms with Gasteiger partial charge >= 0.3 is 0 Å². The molecule has 1 N–H and O–H groups in total. The molecule has 0 radical (unpaired) electrons. The SMILES string of the molecule is CN1CCN(C(=O)c2cccc(C(=O)Nc3ccc(N(C)C)cc3)c2)CC1. The first-order valence-electron chi connectivity index (χ1n) is 9.10. The molecule has 0 atom stereocenters. The molecule has 1 fully saturated rings. The van der Waals surface area contributed by atoms with Crippen LogP contribution in [0.25, 0.3) is 0 Å². The second-order valence-corrected chi connectivity index (χ2v) is 7.07. The Hall–Kier alpha value is -2.86. The molecule has 27 heavy (non-hydrogen) atoms. The molecule has 0 aliphatic carbocycles. The van der Waals surface area contributed by atoms with Gasteiger partial charge in [0.1, 0.15) is 0 Å². The van der Waals surface area contributed by atoms with Crippen molar-refractivity contribution < 1.29 is 9.59 Å². The van der Waals surface area contributed by atoms with Gasteiger partial charge in [0.15, 0.2) is 0 Å². The number of rotatable bonds is 4. The number of piperazine rings is 1. The van der Waals surface area contributed by atoms with E-state index in [4.69, 9.17) is 0 Å².